The molecule has 0 fully saturated rings. The Labute approximate surface area is 283 Å². The molecule has 0 saturated carbocycles. The number of allylic oxidation sites excluding steroid dienone is 8. The third-order valence-corrected chi connectivity index (χ3v) is 8.34. The Hall–Kier alpha value is -1.58. The van der Waals surface area contributed by atoms with Gasteiger partial charge in [0.05, 0.1) is 6.10 Å². The Morgan fingerprint density at radius 2 is 0.844 bits per heavy atom. The summed E-state index contributed by atoms with van der Waals surface area (Å²) in [6.45, 7) is 5.46. The first kappa shape index (κ1) is 43.4. The Morgan fingerprint density at radius 1 is 0.467 bits per heavy atom. The Morgan fingerprint density at radius 3 is 1.24 bits per heavy atom. The van der Waals surface area contributed by atoms with E-state index in [2.05, 4.69) is 93.0 Å². The molecule has 0 bridgehead atoms. The Balaban J connectivity index is 3.92. The van der Waals surface area contributed by atoms with Crippen LogP contribution in [0.1, 0.15) is 181 Å². The molecule has 0 spiro atoms. The standard InChI is InChI=1S/C42H78N2O/c1-5-7-9-11-13-15-17-19-21-23-25-27-29-31-33-35-38-42(45-43-40-37-41-44(3)4)39-36-34-32-30-28-26-24-22-20-18-16-14-12-10-8-6-2/h13-16,19-22,37,40,42-43H,5-12,17-18,23-36,38-39,41H2,1-4H3/b15-13?,16-14?,21-19?,22-20?,40-37+. The summed E-state index contributed by atoms with van der Waals surface area (Å²) in [4.78, 5) is 8.25. The highest BCUT2D eigenvalue weighted by atomic mass is 16.7. The Kier molecular flexibility index (Phi) is 37.2. The predicted octanol–water partition coefficient (Wildman–Crippen LogP) is 13.4. The van der Waals surface area contributed by atoms with Gasteiger partial charge in [-0.25, -0.2) is 0 Å². The first-order valence-electron chi connectivity index (χ1n) is 19.5. The molecule has 0 aliphatic carbocycles. The number of nitrogens with zero attached hydrogens (tertiary/aromatic N) is 1. The maximum absolute atomic E-state index is 6.09. The molecule has 45 heavy (non-hydrogen) atoms. The van der Waals surface area contributed by atoms with Crippen LogP contribution in [0.3, 0.4) is 0 Å². The second kappa shape index (κ2) is 38.6. The zero-order valence-electron chi connectivity index (χ0n) is 30.8. The van der Waals surface area contributed by atoms with Crippen molar-refractivity contribution in [2.24, 2.45) is 0 Å². The monoisotopic (exact) mass is 627 g/mol. The summed E-state index contributed by atoms with van der Waals surface area (Å²) in [5.74, 6) is 0. The van der Waals surface area contributed by atoms with Crippen molar-refractivity contribution < 1.29 is 4.84 Å². The highest BCUT2D eigenvalue weighted by molar-refractivity contribution is 4.93. The van der Waals surface area contributed by atoms with E-state index in [1.165, 1.54) is 154 Å². The van der Waals surface area contributed by atoms with Crippen LogP contribution in [0.25, 0.3) is 0 Å². The molecule has 3 heteroatoms. The molecule has 0 aromatic heterocycles. The van der Waals surface area contributed by atoms with Gasteiger partial charge in [-0.1, -0.05) is 158 Å². The average Bonchev–Trinajstić information content (AvgIpc) is 3.03. The van der Waals surface area contributed by atoms with E-state index in [0.717, 1.165) is 19.4 Å². The molecule has 1 N–H and O–H groups in total. The normalized spacial score (nSPS) is 13.3. The van der Waals surface area contributed by atoms with Crippen LogP contribution in [0.5, 0.6) is 0 Å². The van der Waals surface area contributed by atoms with Crippen molar-refractivity contribution in [3.05, 3.63) is 60.9 Å². The van der Waals surface area contributed by atoms with E-state index in [1.54, 1.807) is 0 Å². The SMILES string of the molecule is CCCCCC=CCC=CCCCCCCCCC(CCCCCCCCC=CCC=CCCCCC)ON/C=C/CN(C)C. The van der Waals surface area contributed by atoms with E-state index in [0.29, 0.717) is 6.10 Å². The summed E-state index contributed by atoms with van der Waals surface area (Å²) in [5, 5.41) is 0. The van der Waals surface area contributed by atoms with Crippen molar-refractivity contribution >= 4 is 0 Å². The molecule has 0 aliphatic rings. The summed E-state index contributed by atoms with van der Waals surface area (Å²) in [5.41, 5.74) is 3.12. The molecule has 0 saturated heterocycles. The lowest BCUT2D eigenvalue weighted by atomic mass is 10.0. The number of hydroxylamine groups is 1. The van der Waals surface area contributed by atoms with Crippen LogP contribution < -0.4 is 5.48 Å². The smallest absolute Gasteiger partial charge is 0.0853 e. The van der Waals surface area contributed by atoms with E-state index in [-0.39, 0.29) is 0 Å². The van der Waals surface area contributed by atoms with Crippen LogP contribution >= 0.6 is 0 Å². The second-order valence-electron chi connectivity index (χ2n) is 13.3. The molecule has 0 atom stereocenters. The van der Waals surface area contributed by atoms with Gasteiger partial charge < -0.3 is 4.90 Å². The van der Waals surface area contributed by atoms with Crippen LogP contribution in [-0.2, 0) is 4.84 Å². The largest absolute Gasteiger partial charge is 0.306 e. The van der Waals surface area contributed by atoms with Gasteiger partial charge in [0.1, 0.15) is 0 Å². The molecule has 0 heterocycles. The molecule has 0 amide bonds. The number of likely N-dealkylation sites (N-methyl/N-ethyl adjacent to an activating group) is 1. The van der Waals surface area contributed by atoms with Gasteiger partial charge in [0.25, 0.3) is 0 Å². The van der Waals surface area contributed by atoms with E-state index >= 15 is 0 Å². The summed E-state index contributed by atoms with van der Waals surface area (Å²) >= 11 is 0. The van der Waals surface area contributed by atoms with E-state index in [9.17, 15) is 0 Å². The van der Waals surface area contributed by atoms with Gasteiger partial charge in [0.2, 0.25) is 0 Å². The van der Waals surface area contributed by atoms with Crippen LogP contribution in [-0.4, -0.2) is 31.6 Å². The number of hydrogen-bond acceptors (Lipinski definition) is 3. The first-order valence-corrected chi connectivity index (χ1v) is 19.5. The number of rotatable bonds is 35. The summed E-state index contributed by atoms with van der Waals surface area (Å²) in [7, 11) is 4.18. The lowest BCUT2D eigenvalue weighted by Crippen LogP contribution is -2.21. The van der Waals surface area contributed by atoms with E-state index in [4.69, 9.17) is 4.84 Å². The second-order valence-corrected chi connectivity index (χ2v) is 13.3. The molecule has 0 radical (unpaired) electrons. The van der Waals surface area contributed by atoms with Crippen molar-refractivity contribution in [1.82, 2.24) is 10.4 Å². The third kappa shape index (κ3) is 38.5. The van der Waals surface area contributed by atoms with Crippen molar-refractivity contribution in [1.29, 1.82) is 0 Å². The number of hydrogen-bond donors (Lipinski definition) is 1. The molecule has 262 valence electrons. The highest BCUT2D eigenvalue weighted by Gasteiger charge is 2.09. The van der Waals surface area contributed by atoms with Gasteiger partial charge >= 0.3 is 0 Å². The lowest BCUT2D eigenvalue weighted by molar-refractivity contribution is -0.0130. The van der Waals surface area contributed by atoms with Crippen LogP contribution in [0.4, 0.5) is 0 Å². The predicted molar refractivity (Wildman–Crippen MR) is 204 cm³/mol. The van der Waals surface area contributed by atoms with Crippen LogP contribution in [0, 0.1) is 0 Å². The first-order chi connectivity index (χ1) is 22.2. The molecule has 0 aliphatic heterocycles. The summed E-state index contributed by atoms with van der Waals surface area (Å²) in [6.07, 6.45) is 56.8. The number of nitrogens with one attached hydrogen (secondary N) is 1. The Bertz CT molecular complexity index is 657. The summed E-state index contributed by atoms with van der Waals surface area (Å²) in [6, 6.07) is 0. The molecular weight excluding hydrogens is 548 g/mol. The van der Waals surface area contributed by atoms with E-state index < -0.39 is 0 Å². The van der Waals surface area contributed by atoms with Gasteiger partial charge in [0, 0.05) is 12.7 Å². The summed E-state index contributed by atoms with van der Waals surface area (Å²) < 4.78 is 0. The number of unbranched alkanes of at least 4 members (excludes halogenated alkanes) is 18. The molecular formula is C42H78N2O. The quantitative estimate of drug-likeness (QED) is 0.0430. The van der Waals surface area contributed by atoms with Crippen LogP contribution in [0.15, 0.2) is 60.9 Å². The molecule has 0 aromatic rings. The maximum Gasteiger partial charge on any atom is 0.0853 e. The molecule has 3 nitrogen and oxygen atoms in total. The fourth-order valence-electron chi connectivity index (χ4n) is 5.43. The van der Waals surface area contributed by atoms with Crippen molar-refractivity contribution in [3.8, 4) is 0 Å². The van der Waals surface area contributed by atoms with Gasteiger partial charge in [0.15, 0.2) is 0 Å². The van der Waals surface area contributed by atoms with Gasteiger partial charge in [-0.2, -0.15) is 0 Å². The minimum atomic E-state index is 0.325. The van der Waals surface area contributed by atoms with Crippen LogP contribution in [0.2, 0.25) is 0 Å². The zero-order chi connectivity index (χ0) is 32.7. The molecule has 0 aromatic carbocycles. The topological polar surface area (TPSA) is 24.5 Å². The minimum Gasteiger partial charge on any atom is -0.306 e. The van der Waals surface area contributed by atoms with Gasteiger partial charge in [-0.15, -0.1) is 0 Å². The minimum absolute atomic E-state index is 0.325. The van der Waals surface area contributed by atoms with Gasteiger partial charge in [-0.3, -0.25) is 10.3 Å². The van der Waals surface area contributed by atoms with Crippen molar-refractivity contribution in [2.75, 3.05) is 20.6 Å². The zero-order valence-corrected chi connectivity index (χ0v) is 30.8. The average molecular weight is 627 g/mol. The highest BCUT2D eigenvalue weighted by Crippen LogP contribution is 2.17. The van der Waals surface area contributed by atoms with Crippen molar-refractivity contribution in [2.45, 2.75) is 187 Å². The third-order valence-electron chi connectivity index (χ3n) is 8.34. The molecule has 0 rings (SSSR count). The maximum atomic E-state index is 6.09. The fraction of sp³-hybridized carbons (Fsp3) is 0.762. The lowest BCUT2D eigenvalue weighted by Gasteiger charge is -2.17. The van der Waals surface area contributed by atoms with E-state index in [1.807, 2.05) is 6.20 Å². The van der Waals surface area contributed by atoms with Gasteiger partial charge in [-0.05, 0) is 91.1 Å². The fourth-order valence-corrected chi connectivity index (χ4v) is 5.43. The molecule has 0 unspecified atom stereocenters. The van der Waals surface area contributed by atoms with Crippen molar-refractivity contribution in [3.63, 3.8) is 0 Å².